The lowest BCUT2D eigenvalue weighted by Crippen LogP contribution is -2.33. The van der Waals surface area contributed by atoms with Crippen LogP contribution in [0.25, 0.3) is 0 Å². The zero-order chi connectivity index (χ0) is 11.2. The lowest BCUT2D eigenvalue weighted by Gasteiger charge is -2.21. The first-order valence-electron chi connectivity index (χ1n) is 4.75. The minimum Gasteiger partial charge on any atom is -0.481 e. The van der Waals surface area contributed by atoms with E-state index >= 15 is 0 Å². The Morgan fingerprint density at radius 3 is 2.20 bits per heavy atom. The van der Waals surface area contributed by atoms with Gasteiger partial charge in [0, 0.05) is 11.8 Å². The maximum atomic E-state index is 11.4. The Bertz CT molecular complexity index is 335. The van der Waals surface area contributed by atoms with Crippen LogP contribution in [0.3, 0.4) is 0 Å². The minimum atomic E-state index is -1.05. The summed E-state index contributed by atoms with van der Waals surface area (Å²) in [5.41, 5.74) is 0. The number of ether oxygens (including phenoxy) is 1. The average Bonchev–Trinajstić information content (AvgIpc) is 2.70. The normalized spacial score (nSPS) is 41.9. The third-order valence-electron chi connectivity index (χ3n) is 3.32. The highest BCUT2D eigenvalue weighted by molar-refractivity contribution is 5.83. The fraction of sp³-hybridized carbons (Fsp3) is 0.600. The topological polar surface area (TPSA) is 83.8 Å². The molecule has 0 heterocycles. The molecule has 0 saturated heterocycles. The number of esters is 1. The van der Waals surface area contributed by atoms with Crippen molar-refractivity contribution in [2.75, 3.05) is 7.11 Å². The van der Waals surface area contributed by atoms with Crippen LogP contribution < -0.4 is 0 Å². The molecule has 2 N–H and O–H groups in total. The molecular weight excluding hydrogens is 200 g/mol. The Hall–Kier alpha value is -1.36. The summed E-state index contributed by atoms with van der Waals surface area (Å²) in [5.74, 6) is -4.10. The Balaban J connectivity index is 2.33. The minimum absolute atomic E-state index is 0.413. The molecule has 0 aromatic rings. The second-order valence-electron chi connectivity index (χ2n) is 3.94. The first-order chi connectivity index (χ1) is 7.07. The molecule has 2 bridgehead atoms. The molecule has 82 valence electrons. The van der Waals surface area contributed by atoms with Gasteiger partial charge < -0.3 is 14.9 Å². The molecule has 2 aliphatic rings. The molecule has 5 unspecified atom stereocenters. The summed E-state index contributed by atoms with van der Waals surface area (Å²) in [6.07, 6.45) is 2.61. The number of carboxylic acids is 1. The molecule has 0 spiro atoms. The zero-order valence-electron chi connectivity index (χ0n) is 8.16. The second-order valence-corrected chi connectivity index (χ2v) is 3.94. The smallest absolute Gasteiger partial charge is 0.310 e. The number of carbonyl (C=O) groups excluding carboxylic acids is 1. The maximum absolute atomic E-state index is 11.4. The van der Waals surface area contributed by atoms with Gasteiger partial charge in [-0.15, -0.1) is 0 Å². The molecule has 2 aliphatic carbocycles. The molecule has 5 nitrogen and oxygen atoms in total. The van der Waals surface area contributed by atoms with E-state index in [0.717, 1.165) is 0 Å². The number of aliphatic hydroxyl groups is 1. The molecule has 1 fully saturated rings. The summed E-state index contributed by atoms with van der Waals surface area (Å²) in [6, 6.07) is 0. The zero-order valence-corrected chi connectivity index (χ0v) is 8.16. The number of aliphatic hydroxyl groups excluding tert-OH is 1. The van der Waals surface area contributed by atoms with E-state index in [9.17, 15) is 14.7 Å². The van der Waals surface area contributed by atoms with E-state index in [1.165, 1.54) is 7.11 Å². The number of fused-ring (bicyclic) bond motifs is 2. The Morgan fingerprint density at radius 2 is 1.73 bits per heavy atom. The van der Waals surface area contributed by atoms with E-state index in [-0.39, 0.29) is 0 Å². The predicted octanol–water partition coefficient (Wildman–Crippen LogP) is -0.347. The molecule has 2 rings (SSSR count). The van der Waals surface area contributed by atoms with E-state index < -0.39 is 41.7 Å². The predicted molar refractivity (Wildman–Crippen MR) is 48.8 cm³/mol. The van der Waals surface area contributed by atoms with Gasteiger partial charge in [-0.1, -0.05) is 12.2 Å². The molecular formula is C10H12O5. The molecule has 0 aromatic heterocycles. The van der Waals surface area contributed by atoms with Gasteiger partial charge in [-0.2, -0.15) is 0 Å². The van der Waals surface area contributed by atoms with Crippen molar-refractivity contribution >= 4 is 11.9 Å². The number of methoxy groups -OCH3 is 1. The molecule has 0 amide bonds. The van der Waals surface area contributed by atoms with E-state index in [2.05, 4.69) is 4.74 Å². The van der Waals surface area contributed by atoms with Gasteiger partial charge >= 0.3 is 11.9 Å². The van der Waals surface area contributed by atoms with Crippen LogP contribution in [0.1, 0.15) is 0 Å². The van der Waals surface area contributed by atoms with Gasteiger partial charge in [-0.25, -0.2) is 0 Å². The summed E-state index contributed by atoms with van der Waals surface area (Å²) in [6.45, 7) is 0. The molecule has 5 atom stereocenters. The van der Waals surface area contributed by atoms with E-state index in [1.54, 1.807) is 12.2 Å². The molecule has 1 saturated carbocycles. The number of hydrogen-bond acceptors (Lipinski definition) is 4. The van der Waals surface area contributed by atoms with Crippen LogP contribution in [0.2, 0.25) is 0 Å². The number of carbonyl (C=O) groups is 2. The van der Waals surface area contributed by atoms with Crippen molar-refractivity contribution in [3.05, 3.63) is 12.2 Å². The molecule has 5 heteroatoms. The van der Waals surface area contributed by atoms with Crippen LogP contribution in [0, 0.1) is 23.7 Å². The van der Waals surface area contributed by atoms with Crippen LogP contribution >= 0.6 is 0 Å². The first kappa shape index (κ1) is 10.2. The van der Waals surface area contributed by atoms with Crippen LogP contribution in [-0.4, -0.2) is 35.4 Å². The number of aliphatic carboxylic acids is 1. The highest BCUT2D eigenvalue weighted by atomic mass is 16.5. The lowest BCUT2D eigenvalue weighted by molar-refractivity contribution is -0.156. The summed E-state index contributed by atoms with van der Waals surface area (Å²) in [4.78, 5) is 22.4. The number of carboxylic acid groups (broad SMARTS) is 1. The Kier molecular flexibility index (Phi) is 2.26. The third kappa shape index (κ3) is 1.26. The Morgan fingerprint density at radius 1 is 1.20 bits per heavy atom. The summed E-state index contributed by atoms with van der Waals surface area (Å²) < 4.78 is 4.57. The van der Waals surface area contributed by atoms with Gasteiger partial charge in [-0.05, 0) is 0 Å². The monoisotopic (exact) mass is 212 g/mol. The SMILES string of the molecule is COC(=O)C1C2C=CC(C2O)C1C(=O)O. The van der Waals surface area contributed by atoms with Crippen molar-refractivity contribution in [2.45, 2.75) is 6.10 Å². The second kappa shape index (κ2) is 3.34. The number of hydrogen-bond donors (Lipinski definition) is 2. The van der Waals surface area contributed by atoms with Gasteiger partial charge in [-0.3, -0.25) is 9.59 Å². The molecule has 0 aromatic carbocycles. The van der Waals surface area contributed by atoms with Gasteiger partial charge in [0.25, 0.3) is 0 Å². The molecule has 15 heavy (non-hydrogen) atoms. The fourth-order valence-electron chi connectivity index (χ4n) is 2.64. The van der Waals surface area contributed by atoms with Gasteiger partial charge in [0.1, 0.15) is 0 Å². The van der Waals surface area contributed by atoms with Crippen molar-refractivity contribution in [3.8, 4) is 0 Å². The van der Waals surface area contributed by atoms with Crippen molar-refractivity contribution in [1.29, 1.82) is 0 Å². The maximum Gasteiger partial charge on any atom is 0.310 e. The molecule has 0 aliphatic heterocycles. The fourth-order valence-corrected chi connectivity index (χ4v) is 2.64. The highest BCUT2D eigenvalue weighted by Crippen LogP contribution is 2.48. The molecule has 0 radical (unpaired) electrons. The van der Waals surface area contributed by atoms with Gasteiger partial charge in [0.15, 0.2) is 0 Å². The van der Waals surface area contributed by atoms with Gasteiger partial charge in [0.2, 0.25) is 0 Å². The van der Waals surface area contributed by atoms with Crippen molar-refractivity contribution < 1.29 is 24.5 Å². The van der Waals surface area contributed by atoms with Crippen molar-refractivity contribution in [3.63, 3.8) is 0 Å². The van der Waals surface area contributed by atoms with Crippen LogP contribution in [0.15, 0.2) is 12.2 Å². The number of rotatable bonds is 2. The van der Waals surface area contributed by atoms with E-state index in [0.29, 0.717) is 0 Å². The highest BCUT2D eigenvalue weighted by Gasteiger charge is 2.57. The van der Waals surface area contributed by atoms with Gasteiger partial charge in [0.05, 0.1) is 25.0 Å². The van der Waals surface area contributed by atoms with Crippen LogP contribution in [0.4, 0.5) is 0 Å². The van der Waals surface area contributed by atoms with Crippen LogP contribution in [-0.2, 0) is 14.3 Å². The van der Waals surface area contributed by atoms with Crippen LogP contribution in [0.5, 0.6) is 0 Å². The average molecular weight is 212 g/mol. The van der Waals surface area contributed by atoms with Crippen molar-refractivity contribution in [1.82, 2.24) is 0 Å². The Labute approximate surface area is 86.3 Å². The largest absolute Gasteiger partial charge is 0.481 e. The third-order valence-corrected chi connectivity index (χ3v) is 3.32. The first-order valence-corrected chi connectivity index (χ1v) is 4.75. The summed E-state index contributed by atoms with van der Waals surface area (Å²) in [5, 5.41) is 18.7. The lowest BCUT2D eigenvalue weighted by atomic mass is 9.83. The summed E-state index contributed by atoms with van der Waals surface area (Å²) >= 11 is 0. The van der Waals surface area contributed by atoms with Crippen molar-refractivity contribution in [2.24, 2.45) is 23.7 Å². The quantitative estimate of drug-likeness (QED) is 0.483. The summed E-state index contributed by atoms with van der Waals surface area (Å²) in [7, 11) is 1.23. The standard InChI is InChI=1S/C10H12O5/c1-15-10(14)7-5-3-2-4(8(5)11)6(7)9(12)13/h2-8,11H,1H3,(H,12,13). The van der Waals surface area contributed by atoms with E-state index in [4.69, 9.17) is 5.11 Å². The van der Waals surface area contributed by atoms with E-state index in [1.807, 2.05) is 0 Å².